The Bertz CT molecular complexity index is 1450. The molecular weight excluding hydrogens is 514 g/mol. The molecule has 1 saturated heterocycles. The molecule has 2 aromatic carbocycles. The molecule has 3 aromatic rings. The summed E-state index contributed by atoms with van der Waals surface area (Å²) in [6.07, 6.45) is 4.67. The number of fused-ring (bicyclic) bond motifs is 1. The van der Waals surface area contributed by atoms with Crippen LogP contribution in [0.5, 0.6) is 5.75 Å². The maximum absolute atomic E-state index is 14.0. The molecule has 206 valence electrons. The molecule has 2 heterocycles. The highest BCUT2D eigenvalue weighted by molar-refractivity contribution is 7.70. The molecule has 1 aliphatic carbocycles. The minimum absolute atomic E-state index is 0.00803. The smallest absolute Gasteiger partial charge is 0.229 e. The second-order valence-corrected chi connectivity index (χ2v) is 13.9. The van der Waals surface area contributed by atoms with Crippen LogP contribution in [0.25, 0.3) is 6.08 Å². The Labute approximate surface area is 229 Å². The second-order valence-electron chi connectivity index (χ2n) is 10.8. The Morgan fingerprint density at radius 3 is 2.46 bits per heavy atom. The quantitative estimate of drug-likeness (QED) is 0.358. The van der Waals surface area contributed by atoms with Crippen LogP contribution in [-0.4, -0.2) is 67.5 Å². The van der Waals surface area contributed by atoms with Crippen LogP contribution in [0.2, 0.25) is 0 Å². The standard InChI is InChI=1S/C29H36FN6O2P/c1-19(2)38-26-18-21(36-15-13-35(3)14-16-36)10-12-24(26)33-29-32-23-8-6-7-22(23)28(34-29)31-25-11-9-20(30)17-27(25)39(4,5)37/h6-7,9-12,17-19H,8,13-16H2,1-5H3,(H2,31,32,33,34). The van der Waals surface area contributed by atoms with Gasteiger partial charge in [-0.2, -0.15) is 4.98 Å². The highest BCUT2D eigenvalue weighted by Gasteiger charge is 2.22. The van der Waals surface area contributed by atoms with Crippen LogP contribution >= 0.6 is 7.14 Å². The average molecular weight is 551 g/mol. The number of ether oxygens (including phenoxy) is 1. The van der Waals surface area contributed by atoms with E-state index < -0.39 is 13.0 Å². The molecule has 1 aliphatic heterocycles. The zero-order valence-electron chi connectivity index (χ0n) is 23.2. The Hall–Kier alpha value is -3.42. The maximum atomic E-state index is 14.0. The molecule has 8 nitrogen and oxygen atoms in total. The number of aromatic nitrogens is 2. The van der Waals surface area contributed by atoms with Crippen molar-refractivity contribution < 1.29 is 13.7 Å². The van der Waals surface area contributed by atoms with Crippen LogP contribution in [0, 0.1) is 5.82 Å². The lowest BCUT2D eigenvalue weighted by Gasteiger charge is -2.34. The van der Waals surface area contributed by atoms with E-state index in [9.17, 15) is 8.96 Å². The molecule has 1 aromatic heterocycles. The predicted molar refractivity (Wildman–Crippen MR) is 159 cm³/mol. The third-order valence-corrected chi connectivity index (χ3v) is 8.39. The van der Waals surface area contributed by atoms with E-state index in [1.54, 1.807) is 19.4 Å². The summed E-state index contributed by atoms with van der Waals surface area (Å²) in [6.45, 7) is 11.3. The average Bonchev–Trinajstić information content (AvgIpc) is 3.35. The summed E-state index contributed by atoms with van der Waals surface area (Å²) in [6, 6.07) is 10.5. The summed E-state index contributed by atoms with van der Waals surface area (Å²) < 4.78 is 33.1. The van der Waals surface area contributed by atoms with Gasteiger partial charge in [0, 0.05) is 55.2 Å². The van der Waals surface area contributed by atoms with Crippen LogP contribution in [0.15, 0.2) is 42.5 Å². The second kappa shape index (κ2) is 11.0. The molecule has 0 amide bonds. The molecule has 10 heteroatoms. The normalized spacial score (nSPS) is 15.5. The van der Waals surface area contributed by atoms with E-state index in [0.29, 0.717) is 29.2 Å². The van der Waals surface area contributed by atoms with Crippen molar-refractivity contribution in [1.82, 2.24) is 14.9 Å². The topological polar surface area (TPSA) is 82.6 Å². The zero-order chi connectivity index (χ0) is 27.7. The van der Waals surface area contributed by atoms with Crippen LogP contribution in [0.4, 0.5) is 33.2 Å². The van der Waals surface area contributed by atoms with Crippen LogP contribution in [0.3, 0.4) is 0 Å². The van der Waals surface area contributed by atoms with Gasteiger partial charge in [-0.3, -0.25) is 0 Å². The lowest BCUT2D eigenvalue weighted by Crippen LogP contribution is -2.44. The number of allylic oxidation sites excluding steroid dienone is 1. The van der Waals surface area contributed by atoms with E-state index in [4.69, 9.17) is 14.7 Å². The fourth-order valence-electron chi connectivity index (χ4n) is 4.82. The molecule has 0 bridgehead atoms. The lowest BCUT2D eigenvalue weighted by molar-refractivity contribution is 0.243. The maximum Gasteiger partial charge on any atom is 0.229 e. The Kier molecular flexibility index (Phi) is 7.65. The Balaban J connectivity index is 1.47. The van der Waals surface area contributed by atoms with Gasteiger partial charge in [-0.15, -0.1) is 0 Å². The Morgan fingerprint density at radius 1 is 1.00 bits per heavy atom. The highest BCUT2D eigenvalue weighted by Crippen LogP contribution is 2.40. The van der Waals surface area contributed by atoms with Gasteiger partial charge in [0.2, 0.25) is 5.95 Å². The van der Waals surface area contributed by atoms with Crippen LogP contribution in [-0.2, 0) is 11.0 Å². The first-order chi connectivity index (χ1) is 18.6. The van der Waals surface area contributed by atoms with Gasteiger partial charge >= 0.3 is 0 Å². The van der Waals surface area contributed by atoms with E-state index in [1.165, 1.54) is 12.1 Å². The van der Waals surface area contributed by atoms with Gasteiger partial charge < -0.3 is 29.7 Å². The summed E-state index contributed by atoms with van der Waals surface area (Å²) in [5, 5.41) is 7.12. The fourth-order valence-corrected chi connectivity index (χ4v) is 5.96. The van der Waals surface area contributed by atoms with E-state index in [-0.39, 0.29) is 6.10 Å². The number of piperazine rings is 1. The van der Waals surface area contributed by atoms with Gasteiger partial charge in [-0.05, 0) is 64.6 Å². The molecule has 0 unspecified atom stereocenters. The number of nitrogens with zero attached hydrogens (tertiary/aromatic N) is 4. The number of halogens is 1. The van der Waals surface area contributed by atoms with Gasteiger partial charge in [0.15, 0.2) is 0 Å². The molecule has 0 saturated carbocycles. The highest BCUT2D eigenvalue weighted by atomic mass is 31.2. The molecular formula is C29H36FN6O2P. The molecule has 0 atom stereocenters. The number of anilines is 5. The molecule has 0 spiro atoms. The fraction of sp³-hybridized carbons (Fsp3) is 0.379. The van der Waals surface area contributed by atoms with Crippen molar-refractivity contribution in [2.45, 2.75) is 26.4 Å². The summed E-state index contributed by atoms with van der Waals surface area (Å²) in [5.41, 5.74) is 4.19. The van der Waals surface area contributed by atoms with Crippen molar-refractivity contribution in [3.05, 3.63) is 59.5 Å². The minimum atomic E-state index is -2.75. The number of rotatable bonds is 8. The number of benzene rings is 2. The van der Waals surface area contributed by atoms with Crippen molar-refractivity contribution in [2.24, 2.45) is 0 Å². The summed E-state index contributed by atoms with van der Waals surface area (Å²) in [7, 11) is -0.603. The molecule has 0 radical (unpaired) electrons. The number of nitrogens with one attached hydrogen (secondary N) is 2. The molecule has 1 fully saturated rings. The van der Waals surface area contributed by atoms with Crippen molar-refractivity contribution in [3.63, 3.8) is 0 Å². The molecule has 2 aliphatic rings. The largest absolute Gasteiger partial charge is 0.489 e. The van der Waals surface area contributed by atoms with Crippen molar-refractivity contribution in [1.29, 1.82) is 0 Å². The van der Waals surface area contributed by atoms with E-state index in [2.05, 4.69) is 39.6 Å². The minimum Gasteiger partial charge on any atom is -0.489 e. The number of hydrogen-bond acceptors (Lipinski definition) is 8. The number of hydrogen-bond donors (Lipinski definition) is 2. The van der Waals surface area contributed by atoms with Gasteiger partial charge in [-0.25, -0.2) is 9.37 Å². The summed E-state index contributed by atoms with van der Waals surface area (Å²) >= 11 is 0. The monoisotopic (exact) mass is 550 g/mol. The van der Waals surface area contributed by atoms with E-state index >= 15 is 0 Å². The van der Waals surface area contributed by atoms with Crippen molar-refractivity contribution in [2.75, 3.05) is 62.1 Å². The van der Waals surface area contributed by atoms with E-state index in [0.717, 1.165) is 54.6 Å². The first-order valence-electron chi connectivity index (χ1n) is 13.3. The van der Waals surface area contributed by atoms with Crippen molar-refractivity contribution in [3.8, 4) is 5.75 Å². The lowest BCUT2D eigenvalue weighted by atomic mass is 10.2. The molecule has 2 N–H and O–H groups in total. The van der Waals surface area contributed by atoms with Crippen molar-refractivity contribution >= 4 is 47.4 Å². The first kappa shape index (κ1) is 27.2. The predicted octanol–water partition coefficient (Wildman–Crippen LogP) is 5.46. The molecule has 39 heavy (non-hydrogen) atoms. The van der Waals surface area contributed by atoms with Crippen LogP contribution < -0.4 is 25.6 Å². The van der Waals surface area contributed by atoms with E-state index in [1.807, 2.05) is 32.1 Å². The van der Waals surface area contributed by atoms with Crippen LogP contribution in [0.1, 0.15) is 25.1 Å². The zero-order valence-corrected chi connectivity index (χ0v) is 24.1. The van der Waals surface area contributed by atoms with Gasteiger partial charge in [0.1, 0.15) is 24.5 Å². The third kappa shape index (κ3) is 6.26. The molecule has 5 rings (SSSR count). The Morgan fingerprint density at radius 2 is 1.74 bits per heavy atom. The van der Waals surface area contributed by atoms with Gasteiger partial charge in [0.05, 0.1) is 23.2 Å². The first-order valence-corrected chi connectivity index (χ1v) is 15.9. The van der Waals surface area contributed by atoms with Gasteiger partial charge in [-0.1, -0.05) is 12.2 Å². The number of likely N-dealkylation sites (N-methyl/N-ethyl adjacent to an activating group) is 1. The van der Waals surface area contributed by atoms with Gasteiger partial charge in [0.25, 0.3) is 0 Å². The summed E-state index contributed by atoms with van der Waals surface area (Å²) in [4.78, 5) is 14.3. The SMILES string of the molecule is CC(C)Oc1cc(N2CCN(C)CC2)ccc1Nc1nc2c(c(Nc3ccc(F)cc3P(C)(C)=O)n1)C=CC2. The summed E-state index contributed by atoms with van der Waals surface area (Å²) in [5.74, 6) is 1.29. The third-order valence-electron chi connectivity index (χ3n) is 6.86.